The Bertz CT molecular complexity index is 893. The molecular formula is C23H29N2O2+. The van der Waals surface area contributed by atoms with Gasteiger partial charge in [0.15, 0.2) is 0 Å². The summed E-state index contributed by atoms with van der Waals surface area (Å²) in [5, 5.41) is 0. The quantitative estimate of drug-likeness (QED) is 0.373. The number of esters is 1. The van der Waals surface area contributed by atoms with Crippen LogP contribution in [0, 0.1) is 0 Å². The molecule has 0 amide bonds. The third-order valence-corrected chi connectivity index (χ3v) is 5.83. The van der Waals surface area contributed by atoms with E-state index in [0.717, 1.165) is 17.8 Å². The van der Waals surface area contributed by atoms with Crippen LogP contribution < -0.4 is 10.3 Å². The van der Waals surface area contributed by atoms with Gasteiger partial charge in [0.05, 0.1) is 12.7 Å². The summed E-state index contributed by atoms with van der Waals surface area (Å²) in [6.45, 7) is 9.26. The third kappa shape index (κ3) is 3.48. The number of nitrogens with two attached hydrogens (primary N) is 1. The van der Waals surface area contributed by atoms with Crippen molar-refractivity contribution in [3.05, 3.63) is 59.2 Å². The van der Waals surface area contributed by atoms with Crippen molar-refractivity contribution in [1.82, 2.24) is 4.58 Å². The molecule has 2 aromatic carbocycles. The number of benzene rings is 2. The van der Waals surface area contributed by atoms with E-state index in [1.807, 2.05) is 16.7 Å². The van der Waals surface area contributed by atoms with Crippen LogP contribution in [0.5, 0.6) is 0 Å². The van der Waals surface area contributed by atoms with Gasteiger partial charge in [-0.05, 0) is 71.2 Å². The molecule has 0 heterocycles. The van der Waals surface area contributed by atoms with Crippen molar-refractivity contribution in [3.63, 3.8) is 0 Å². The fourth-order valence-electron chi connectivity index (χ4n) is 3.92. The normalized spacial score (nSPS) is 17.9. The lowest BCUT2D eigenvalue weighted by Gasteiger charge is -2.41. The molecule has 0 unspecified atom stereocenters. The highest BCUT2D eigenvalue weighted by Crippen LogP contribution is 2.46. The summed E-state index contributed by atoms with van der Waals surface area (Å²) >= 11 is 0. The number of methoxy groups -OCH3 is 1. The van der Waals surface area contributed by atoms with Crippen molar-refractivity contribution in [3.8, 4) is 0 Å². The number of fused-ring (bicyclic) bond motifs is 1. The summed E-state index contributed by atoms with van der Waals surface area (Å²) in [6.07, 6.45) is 3.92. The molecule has 4 nitrogen and oxygen atoms in total. The first-order valence-corrected chi connectivity index (χ1v) is 9.37. The average Bonchev–Trinajstić information content (AvgIpc) is 2.66. The van der Waals surface area contributed by atoms with Gasteiger partial charge in [0.25, 0.3) is 0 Å². The van der Waals surface area contributed by atoms with Crippen LogP contribution in [-0.4, -0.2) is 19.4 Å². The number of carbonyl (C=O) groups excluding carboxylic acids is 1. The van der Waals surface area contributed by atoms with Crippen molar-refractivity contribution >= 4 is 23.7 Å². The molecule has 0 aliphatic heterocycles. The largest absolute Gasteiger partial charge is 0.465 e. The maximum atomic E-state index is 11.7. The Labute approximate surface area is 161 Å². The zero-order valence-corrected chi connectivity index (χ0v) is 16.9. The van der Waals surface area contributed by atoms with Crippen LogP contribution in [0.4, 0.5) is 11.4 Å². The van der Waals surface area contributed by atoms with Crippen LogP contribution in [0.2, 0.25) is 0 Å². The Balaban J connectivity index is 2.04. The van der Waals surface area contributed by atoms with Gasteiger partial charge in [0.1, 0.15) is 11.4 Å². The van der Waals surface area contributed by atoms with E-state index in [0.29, 0.717) is 5.56 Å². The molecule has 4 heteroatoms. The zero-order valence-electron chi connectivity index (χ0n) is 16.9. The minimum Gasteiger partial charge on any atom is -0.465 e. The maximum Gasteiger partial charge on any atom is 0.337 e. The first kappa shape index (κ1) is 19.2. The highest BCUT2D eigenvalue weighted by Gasteiger charge is 2.37. The van der Waals surface area contributed by atoms with Gasteiger partial charge in [-0.25, -0.2) is 4.79 Å². The molecule has 0 aromatic heterocycles. The predicted molar refractivity (Wildman–Crippen MR) is 111 cm³/mol. The SMILES string of the molecule is COC(=O)c1ccc([N+](=CN)c2ccc3c(c2)C(C)(C)CCC3(C)C)cc1. The van der Waals surface area contributed by atoms with Crippen molar-refractivity contribution in [2.75, 3.05) is 7.11 Å². The van der Waals surface area contributed by atoms with E-state index in [2.05, 4.69) is 45.9 Å². The second-order valence-electron chi connectivity index (χ2n) is 8.56. The second kappa shape index (κ2) is 6.84. The lowest BCUT2D eigenvalue weighted by Crippen LogP contribution is -2.34. The van der Waals surface area contributed by atoms with Crippen molar-refractivity contribution < 1.29 is 9.53 Å². The number of rotatable bonds is 3. The summed E-state index contributed by atoms with van der Waals surface area (Å²) in [5.41, 5.74) is 11.5. The summed E-state index contributed by atoms with van der Waals surface area (Å²) in [5.74, 6) is -0.345. The summed E-state index contributed by atoms with van der Waals surface area (Å²) in [4.78, 5) is 11.7. The number of hydrogen-bond donors (Lipinski definition) is 1. The van der Waals surface area contributed by atoms with E-state index >= 15 is 0 Å². The van der Waals surface area contributed by atoms with E-state index in [-0.39, 0.29) is 16.8 Å². The third-order valence-electron chi connectivity index (χ3n) is 5.83. The van der Waals surface area contributed by atoms with E-state index in [1.165, 1.54) is 24.7 Å². The number of hydrogen-bond acceptors (Lipinski definition) is 2. The maximum absolute atomic E-state index is 11.7. The van der Waals surface area contributed by atoms with Crippen LogP contribution in [0.25, 0.3) is 0 Å². The molecule has 0 atom stereocenters. The van der Waals surface area contributed by atoms with Gasteiger partial charge < -0.3 is 4.74 Å². The standard InChI is InChI=1S/C23H28N2O2/c1-22(2)12-13-23(3,4)20-14-18(10-11-19(20)22)25(15-24)17-8-6-16(7-9-17)21(26)27-5/h6-11,14-15,24H,12-13H2,1-5H3/p+1. The molecule has 0 saturated carbocycles. The highest BCUT2D eigenvalue weighted by molar-refractivity contribution is 5.89. The van der Waals surface area contributed by atoms with Gasteiger partial charge in [-0.2, -0.15) is 4.58 Å². The summed E-state index contributed by atoms with van der Waals surface area (Å²) in [6, 6.07) is 13.9. The first-order chi connectivity index (χ1) is 12.7. The molecule has 0 radical (unpaired) electrons. The molecule has 2 aromatic rings. The Morgan fingerprint density at radius 2 is 1.52 bits per heavy atom. The Kier molecular flexibility index (Phi) is 4.85. The number of nitrogens with zero attached hydrogens (tertiary/aromatic N) is 1. The lowest BCUT2D eigenvalue weighted by molar-refractivity contribution is 0.0601. The number of carbonyl (C=O) groups is 1. The monoisotopic (exact) mass is 365 g/mol. The number of ether oxygens (including phenoxy) is 1. The summed E-state index contributed by atoms with van der Waals surface area (Å²) in [7, 11) is 1.38. The topological polar surface area (TPSA) is 55.3 Å². The van der Waals surface area contributed by atoms with Gasteiger partial charge in [0.2, 0.25) is 6.34 Å². The van der Waals surface area contributed by atoms with Crippen LogP contribution >= 0.6 is 0 Å². The average molecular weight is 365 g/mol. The van der Waals surface area contributed by atoms with Crippen LogP contribution in [0.15, 0.2) is 42.5 Å². The Hall–Kier alpha value is -2.62. The van der Waals surface area contributed by atoms with Crippen molar-refractivity contribution in [2.24, 2.45) is 5.73 Å². The molecule has 1 aliphatic rings. The minimum atomic E-state index is -0.345. The van der Waals surface area contributed by atoms with E-state index in [4.69, 9.17) is 10.5 Å². The van der Waals surface area contributed by atoms with Crippen LogP contribution in [-0.2, 0) is 15.6 Å². The molecule has 3 rings (SSSR count). The van der Waals surface area contributed by atoms with Crippen molar-refractivity contribution in [2.45, 2.75) is 51.4 Å². The lowest BCUT2D eigenvalue weighted by atomic mass is 9.63. The van der Waals surface area contributed by atoms with E-state index in [9.17, 15) is 4.79 Å². The molecule has 27 heavy (non-hydrogen) atoms. The van der Waals surface area contributed by atoms with Crippen molar-refractivity contribution in [1.29, 1.82) is 0 Å². The van der Waals surface area contributed by atoms with Gasteiger partial charge >= 0.3 is 5.97 Å². The molecule has 0 saturated heterocycles. The second-order valence-corrected chi connectivity index (χ2v) is 8.56. The molecule has 142 valence electrons. The first-order valence-electron chi connectivity index (χ1n) is 9.37. The van der Waals surface area contributed by atoms with Gasteiger partial charge in [-0.3, -0.25) is 5.73 Å². The van der Waals surface area contributed by atoms with Gasteiger partial charge in [-0.1, -0.05) is 33.8 Å². The van der Waals surface area contributed by atoms with E-state index in [1.54, 1.807) is 18.5 Å². The predicted octanol–water partition coefficient (Wildman–Crippen LogP) is 4.64. The molecule has 0 fully saturated rings. The fourth-order valence-corrected chi connectivity index (χ4v) is 3.92. The summed E-state index contributed by atoms with van der Waals surface area (Å²) < 4.78 is 6.71. The van der Waals surface area contributed by atoms with Crippen LogP contribution in [0.3, 0.4) is 0 Å². The molecule has 0 bridgehead atoms. The van der Waals surface area contributed by atoms with Crippen LogP contribution in [0.1, 0.15) is 62.0 Å². The van der Waals surface area contributed by atoms with Gasteiger partial charge in [-0.15, -0.1) is 0 Å². The molecule has 2 N–H and O–H groups in total. The smallest absolute Gasteiger partial charge is 0.337 e. The zero-order chi connectivity index (χ0) is 19.8. The molecular weight excluding hydrogens is 336 g/mol. The minimum absolute atomic E-state index is 0.135. The molecule has 1 aliphatic carbocycles. The Morgan fingerprint density at radius 3 is 2.07 bits per heavy atom. The molecule has 0 spiro atoms. The Morgan fingerprint density at radius 1 is 0.963 bits per heavy atom. The highest BCUT2D eigenvalue weighted by atomic mass is 16.5. The van der Waals surface area contributed by atoms with E-state index < -0.39 is 0 Å². The van der Waals surface area contributed by atoms with Gasteiger partial charge in [0, 0.05) is 0 Å². The fraction of sp³-hybridized carbons (Fsp3) is 0.391.